The number of nitrogens with two attached hydrogens (primary N) is 1. The minimum Gasteiger partial charge on any atom is -0.392 e. The van der Waals surface area contributed by atoms with Crippen molar-refractivity contribution < 1.29 is 4.92 Å². The predicted octanol–water partition coefficient (Wildman–Crippen LogP) is -0.287. The fourth-order valence-corrected chi connectivity index (χ4v) is 0.117. The van der Waals surface area contributed by atoms with Crippen molar-refractivity contribution in [3.05, 3.63) is 22.4 Å². The number of amidine groups is 1. The Hall–Kier alpha value is -1.39. The number of hydrogen-bond acceptors (Lipinski definition) is 4. The fourth-order valence-electron chi connectivity index (χ4n) is 0.117. The third kappa shape index (κ3) is 1.38. The standard InChI is InChI=1S/C3H5N3O2/c1-2(4)3(5)6(7)8/h5H,1,4H2. The van der Waals surface area contributed by atoms with E-state index in [0.29, 0.717) is 0 Å². The van der Waals surface area contributed by atoms with Gasteiger partial charge in [0.2, 0.25) is 0 Å². The number of nitrogens with one attached hydrogen (secondary N) is 1. The third-order valence-electron chi connectivity index (χ3n) is 0.487. The molecule has 0 aliphatic rings. The molecular weight excluding hydrogens is 110 g/mol. The van der Waals surface area contributed by atoms with Crippen molar-refractivity contribution in [2.45, 2.75) is 0 Å². The minimum absolute atomic E-state index is 0.324. The van der Waals surface area contributed by atoms with Crippen molar-refractivity contribution in [1.29, 1.82) is 5.41 Å². The van der Waals surface area contributed by atoms with Crippen molar-refractivity contribution in [1.82, 2.24) is 0 Å². The highest BCUT2D eigenvalue weighted by atomic mass is 16.6. The third-order valence-corrected chi connectivity index (χ3v) is 0.487. The van der Waals surface area contributed by atoms with E-state index >= 15 is 0 Å². The summed E-state index contributed by atoms with van der Waals surface area (Å²) < 4.78 is 0. The Morgan fingerprint density at radius 3 is 2.25 bits per heavy atom. The van der Waals surface area contributed by atoms with Crippen LogP contribution in [0, 0.1) is 15.5 Å². The maximum absolute atomic E-state index is 9.58. The predicted molar refractivity (Wildman–Crippen MR) is 28.0 cm³/mol. The molecule has 5 nitrogen and oxygen atoms in total. The lowest BCUT2D eigenvalue weighted by molar-refractivity contribution is -0.350. The van der Waals surface area contributed by atoms with E-state index in [4.69, 9.17) is 11.1 Å². The normalized spacial score (nSPS) is 8.00. The molecule has 0 saturated carbocycles. The Morgan fingerprint density at radius 2 is 2.25 bits per heavy atom. The first-order valence-electron chi connectivity index (χ1n) is 1.73. The van der Waals surface area contributed by atoms with E-state index in [1.165, 1.54) is 0 Å². The lowest BCUT2D eigenvalue weighted by atomic mass is 10.5. The van der Waals surface area contributed by atoms with Gasteiger partial charge in [0.05, 0.1) is 0 Å². The summed E-state index contributed by atoms with van der Waals surface area (Å²) in [7, 11) is 0. The molecule has 5 heteroatoms. The topological polar surface area (TPSA) is 93.0 Å². The summed E-state index contributed by atoms with van der Waals surface area (Å²) in [6.07, 6.45) is 0. The first kappa shape index (κ1) is 6.61. The van der Waals surface area contributed by atoms with Crippen molar-refractivity contribution in [2.24, 2.45) is 5.73 Å². The maximum Gasteiger partial charge on any atom is 0.378 e. The molecule has 0 aromatic heterocycles. The summed E-state index contributed by atoms with van der Waals surface area (Å²) in [5.74, 6) is -0.843. The summed E-state index contributed by atoms with van der Waals surface area (Å²) in [6.45, 7) is 2.99. The molecule has 0 aromatic carbocycles. The zero-order valence-corrected chi connectivity index (χ0v) is 4.05. The van der Waals surface area contributed by atoms with E-state index in [2.05, 4.69) is 6.58 Å². The van der Waals surface area contributed by atoms with Gasteiger partial charge in [-0.1, -0.05) is 12.0 Å². The van der Waals surface area contributed by atoms with E-state index < -0.39 is 10.8 Å². The van der Waals surface area contributed by atoms with E-state index in [1.54, 1.807) is 0 Å². The van der Waals surface area contributed by atoms with Crippen molar-refractivity contribution in [2.75, 3.05) is 0 Å². The highest BCUT2D eigenvalue weighted by Gasteiger charge is 2.07. The van der Waals surface area contributed by atoms with Gasteiger partial charge in [0, 0.05) is 0 Å². The average molecular weight is 115 g/mol. The molecule has 0 rings (SSSR count). The SMILES string of the molecule is C=C(N)C(=N)[N+](=O)[O-]. The lowest BCUT2D eigenvalue weighted by Crippen LogP contribution is -2.17. The lowest BCUT2D eigenvalue weighted by Gasteiger charge is -1.90. The van der Waals surface area contributed by atoms with E-state index in [-0.39, 0.29) is 5.70 Å². The smallest absolute Gasteiger partial charge is 0.378 e. The molecule has 0 bridgehead atoms. The molecular formula is C3H5N3O2. The first-order chi connectivity index (χ1) is 3.55. The van der Waals surface area contributed by atoms with Crippen molar-refractivity contribution in [3.8, 4) is 0 Å². The monoisotopic (exact) mass is 115 g/mol. The maximum atomic E-state index is 9.58. The molecule has 0 fully saturated rings. The van der Waals surface area contributed by atoms with Gasteiger partial charge in [-0.3, -0.25) is 0 Å². The van der Waals surface area contributed by atoms with Gasteiger partial charge in [-0.25, -0.2) is 0 Å². The van der Waals surface area contributed by atoms with Crippen LogP contribution in [0.4, 0.5) is 0 Å². The molecule has 8 heavy (non-hydrogen) atoms. The zero-order chi connectivity index (χ0) is 6.73. The van der Waals surface area contributed by atoms with Crippen LogP contribution >= 0.6 is 0 Å². The fraction of sp³-hybridized carbons (Fsp3) is 0. The van der Waals surface area contributed by atoms with Gasteiger partial charge in [0.25, 0.3) is 0 Å². The van der Waals surface area contributed by atoms with Crippen LogP contribution in [0.2, 0.25) is 0 Å². The summed E-state index contributed by atoms with van der Waals surface area (Å²) >= 11 is 0. The molecule has 44 valence electrons. The van der Waals surface area contributed by atoms with Crippen LogP contribution in [0.15, 0.2) is 12.3 Å². The highest BCUT2D eigenvalue weighted by Crippen LogP contribution is 1.80. The Labute approximate surface area is 45.5 Å². The van der Waals surface area contributed by atoms with Crippen LogP contribution in [-0.2, 0) is 0 Å². The summed E-state index contributed by atoms with van der Waals surface area (Å²) in [4.78, 5) is 8.68. The van der Waals surface area contributed by atoms with Crippen LogP contribution in [0.3, 0.4) is 0 Å². The van der Waals surface area contributed by atoms with Gasteiger partial charge < -0.3 is 15.8 Å². The van der Waals surface area contributed by atoms with Gasteiger partial charge in [-0.05, 0) is 4.92 Å². The molecule has 0 radical (unpaired) electrons. The molecule has 3 N–H and O–H groups in total. The van der Waals surface area contributed by atoms with E-state index in [1.807, 2.05) is 0 Å². The second-order valence-electron chi connectivity index (χ2n) is 1.13. The molecule has 0 aliphatic heterocycles. The van der Waals surface area contributed by atoms with Gasteiger partial charge in [-0.2, -0.15) is 0 Å². The molecule has 0 spiro atoms. The number of hydrogen-bond donors (Lipinski definition) is 2. The van der Waals surface area contributed by atoms with Crippen LogP contribution < -0.4 is 5.73 Å². The minimum atomic E-state index is -0.900. The largest absolute Gasteiger partial charge is 0.392 e. The van der Waals surface area contributed by atoms with Gasteiger partial charge in [-0.15, -0.1) is 0 Å². The quantitative estimate of drug-likeness (QED) is 0.213. The van der Waals surface area contributed by atoms with Crippen LogP contribution in [0.25, 0.3) is 0 Å². The molecule has 0 aromatic rings. The van der Waals surface area contributed by atoms with Gasteiger partial charge in [0.15, 0.2) is 0 Å². The number of rotatable bonds is 1. The molecule has 0 unspecified atom stereocenters. The summed E-state index contributed by atoms with van der Waals surface area (Å²) in [6, 6.07) is 0. The Morgan fingerprint density at radius 1 is 1.88 bits per heavy atom. The number of nitro groups is 1. The van der Waals surface area contributed by atoms with Crippen LogP contribution in [0.1, 0.15) is 0 Å². The van der Waals surface area contributed by atoms with E-state index in [0.717, 1.165) is 0 Å². The van der Waals surface area contributed by atoms with Gasteiger partial charge >= 0.3 is 5.84 Å². The van der Waals surface area contributed by atoms with E-state index in [9.17, 15) is 10.1 Å². The first-order valence-corrected chi connectivity index (χ1v) is 1.73. The Balaban J connectivity index is 4.05. The molecule has 0 heterocycles. The summed E-state index contributed by atoms with van der Waals surface area (Å²) in [5, 5.41) is 16.1. The molecule has 0 amide bonds. The Kier molecular flexibility index (Phi) is 1.70. The summed E-state index contributed by atoms with van der Waals surface area (Å²) in [5.41, 5.74) is 4.45. The van der Waals surface area contributed by atoms with Crippen molar-refractivity contribution in [3.63, 3.8) is 0 Å². The second kappa shape index (κ2) is 2.06. The van der Waals surface area contributed by atoms with Gasteiger partial charge in [0.1, 0.15) is 5.70 Å². The van der Waals surface area contributed by atoms with Crippen LogP contribution in [-0.4, -0.2) is 10.8 Å². The molecule has 0 saturated heterocycles. The Bertz CT molecular complexity index is 135. The zero-order valence-electron chi connectivity index (χ0n) is 4.05. The number of nitrogens with zero attached hydrogens (tertiary/aromatic N) is 1. The molecule has 0 aliphatic carbocycles. The highest BCUT2D eigenvalue weighted by molar-refractivity contribution is 5.87. The van der Waals surface area contributed by atoms with Crippen molar-refractivity contribution >= 4 is 5.84 Å². The second-order valence-corrected chi connectivity index (χ2v) is 1.13. The molecule has 0 atom stereocenters. The van der Waals surface area contributed by atoms with Crippen LogP contribution in [0.5, 0.6) is 0 Å². The average Bonchev–Trinajstić information content (AvgIpc) is 1.64.